The molecule has 1 saturated heterocycles. The number of piperidine rings is 1. The van der Waals surface area contributed by atoms with Gasteiger partial charge in [-0.2, -0.15) is 0 Å². The molecule has 0 bridgehead atoms. The molecule has 4 rings (SSSR count). The van der Waals surface area contributed by atoms with Crippen molar-refractivity contribution in [3.05, 3.63) is 71.3 Å². The van der Waals surface area contributed by atoms with Gasteiger partial charge in [-0.1, -0.05) is 54.6 Å². The lowest BCUT2D eigenvalue weighted by Gasteiger charge is -2.42. The number of amides is 1. The quantitative estimate of drug-likeness (QED) is 0.852. The van der Waals surface area contributed by atoms with Gasteiger partial charge in [0, 0.05) is 18.9 Å². The van der Waals surface area contributed by atoms with Crippen LogP contribution >= 0.6 is 0 Å². The summed E-state index contributed by atoms with van der Waals surface area (Å²) in [5, 5.41) is 3.06. The van der Waals surface area contributed by atoms with E-state index in [0.717, 1.165) is 13.0 Å². The molecular weight excluding hydrogens is 258 g/mol. The Morgan fingerprint density at radius 3 is 2.48 bits per heavy atom. The second-order valence-corrected chi connectivity index (χ2v) is 6.20. The third-order valence-corrected chi connectivity index (χ3v) is 5.10. The number of hydrogen-bond acceptors (Lipinski definition) is 1. The first-order chi connectivity index (χ1) is 10.3. The number of benzene rings is 2. The molecular formula is C19H19NO. The largest absolute Gasteiger partial charge is 0.355 e. The SMILES string of the molecule is O=C1C[C@H]2C(c3ccccc3)Cc3ccccc3[C@H]2CN1. The van der Waals surface area contributed by atoms with Crippen molar-refractivity contribution < 1.29 is 4.79 Å². The van der Waals surface area contributed by atoms with Gasteiger partial charge in [0.25, 0.3) is 0 Å². The van der Waals surface area contributed by atoms with E-state index in [2.05, 4.69) is 59.9 Å². The summed E-state index contributed by atoms with van der Waals surface area (Å²) in [4.78, 5) is 11.9. The van der Waals surface area contributed by atoms with Gasteiger partial charge < -0.3 is 5.32 Å². The molecule has 2 nitrogen and oxygen atoms in total. The number of carbonyl (C=O) groups is 1. The fraction of sp³-hybridized carbons (Fsp3) is 0.316. The Morgan fingerprint density at radius 2 is 1.62 bits per heavy atom. The van der Waals surface area contributed by atoms with Gasteiger partial charge in [0.1, 0.15) is 0 Å². The summed E-state index contributed by atoms with van der Waals surface area (Å²) >= 11 is 0. The third kappa shape index (κ3) is 2.15. The first kappa shape index (κ1) is 12.6. The summed E-state index contributed by atoms with van der Waals surface area (Å²) in [7, 11) is 0. The van der Waals surface area contributed by atoms with E-state index in [9.17, 15) is 4.79 Å². The maximum atomic E-state index is 11.9. The molecule has 106 valence electrons. The van der Waals surface area contributed by atoms with Gasteiger partial charge in [-0.05, 0) is 34.9 Å². The van der Waals surface area contributed by atoms with Crippen molar-refractivity contribution in [3.8, 4) is 0 Å². The summed E-state index contributed by atoms with van der Waals surface area (Å²) in [6.45, 7) is 0.782. The van der Waals surface area contributed by atoms with E-state index in [0.29, 0.717) is 24.2 Å². The first-order valence-corrected chi connectivity index (χ1v) is 7.72. The van der Waals surface area contributed by atoms with Crippen LogP contribution < -0.4 is 5.32 Å². The third-order valence-electron chi connectivity index (χ3n) is 5.10. The number of hydrogen-bond donors (Lipinski definition) is 1. The number of rotatable bonds is 1. The van der Waals surface area contributed by atoms with Gasteiger partial charge in [0.15, 0.2) is 0 Å². The Bertz CT molecular complexity index is 664. The monoisotopic (exact) mass is 277 g/mol. The lowest BCUT2D eigenvalue weighted by molar-refractivity contribution is -0.124. The molecule has 0 spiro atoms. The van der Waals surface area contributed by atoms with Crippen molar-refractivity contribution >= 4 is 5.91 Å². The average molecular weight is 277 g/mol. The lowest BCUT2D eigenvalue weighted by atomic mass is 9.64. The molecule has 2 aromatic carbocycles. The standard InChI is InChI=1S/C19H19NO/c21-19-11-17-16(13-6-2-1-3-7-13)10-14-8-4-5-9-15(14)18(17)12-20-19/h1-9,16-18H,10-12H2,(H,20,21)/t16?,17-,18+/m0/s1. The van der Waals surface area contributed by atoms with Crippen LogP contribution in [0.25, 0.3) is 0 Å². The zero-order valence-corrected chi connectivity index (χ0v) is 12.0. The van der Waals surface area contributed by atoms with Crippen molar-refractivity contribution in [2.45, 2.75) is 24.7 Å². The van der Waals surface area contributed by atoms with E-state index >= 15 is 0 Å². The van der Waals surface area contributed by atoms with Gasteiger partial charge in [-0.15, -0.1) is 0 Å². The molecule has 2 aliphatic rings. The lowest BCUT2D eigenvalue weighted by Crippen LogP contribution is -2.44. The highest BCUT2D eigenvalue weighted by atomic mass is 16.1. The Balaban J connectivity index is 1.79. The highest BCUT2D eigenvalue weighted by Crippen LogP contribution is 2.47. The molecule has 1 heterocycles. The summed E-state index contributed by atoms with van der Waals surface area (Å²) in [5.74, 6) is 1.54. The van der Waals surface area contributed by atoms with Gasteiger partial charge in [0.05, 0.1) is 0 Å². The first-order valence-electron chi connectivity index (χ1n) is 7.72. The van der Waals surface area contributed by atoms with Crippen LogP contribution in [-0.4, -0.2) is 12.5 Å². The topological polar surface area (TPSA) is 29.1 Å². The van der Waals surface area contributed by atoms with E-state index in [1.165, 1.54) is 16.7 Å². The Labute approximate surface area is 125 Å². The minimum atomic E-state index is 0.205. The maximum absolute atomic E-state index is 11.9. The molecule has 0 radical (unpaired) electrons. The molecule has 2 heteroatoms. The zero-order chi connectivity index (χ0) is 14.2. The Hall–Kier alpha value is -2.09. The Morgan fingerprint density at radius 1 is 0.857 bits per heavy atom. The molecule has 21 heavy (non-hydrogen) atoms. The van der Waals surface area contributed by atoms with Crippen LogP contribution in [0.15, 0.2) is 54.6 Å². The fourth-order valence-electron chi connectivity index (χ4n) is 4.10. The van der Waals surface area contributed by atoms with Crippen molar-refractivity contribution in [2.24, 2.45) is 5.92 Å². The summed E-state index contributed by atoms with van der Waals surface area (Å²) in [5.41, 5.74) is 4.26. The van der Waals surface area contributed by atoms with E-state index in [1.54, 1.807) is 0 Å². The predicted octanol–water partition coefficient (Wildman–Crippen LogP) is 3.25. The second kappa shape index (κ2) is 5.03. The van der Waals surface area contributed by atoms with E-state index in [1.807, 2.05) is 0 Å². The van der Waals surface area contributed by atoms with Crippen molar-refractivity contribution in [1.82, 2.24) is 5.32 Å². The minimum Gasteiger partial charge on any atom is -0.355 e. The van der Waals surface area contributed by atoms with Crippen LogP contribution in [0.2, 0.25) is 0 Å². The smallest absolute Gasteiger partial charge is 0.220 e. The minimum absolute atomic E-state index is 0.205. The summed E-state index contributed by atoms with van der Waals surface area (Å²) in [6.07, 6.45) is 1.70. The molecule has 1 N–H and O–H groups in total. The zero-order valence-electron chi connectivity index (χ0n) is 12.0. The molecule has 0 aromatic heterocycles. The molecule has 1 unspecified atom stereocenters. The van der Waals surface area contributed by atoms with Crippen molar-refractivity contribution in [1.29, 1.82) is 0 Å². The highest BCUT2D eigenvalue weighted by Gasteiger charge is 2.40. The van der Waals surface area contributed by atoms with Crippen LogP contribution in [0.4, 0.5) is 0 Å². The van der Waals surface area contributed by atoms with Gasteiger partial charge in [-0.25, -0.2) is 0 Å². The normalized spacial score (nSPS) is 27.4. The highest BCUT2D eigenvalue weighted by molar-refractivity contribution is 5.77. The molecule has 1 aliphatic carbocycles. The van der Waals surface area contributed by atoms with Crippen LogP contribution in [0, 0.1) is 5.92 Å². The number of fused-ring (bicyclic) bond motifs is 3. The molecule has 1 amide bonds. The van der Waals surface area contributed by atoms with Crippen LogP contribution in [-0.2, 0) is 11.2 Å². The fourth-order valence-corrected chi connectivity index (χ4v) is 4.10. The van der Waals surface area contributed by atoms with E-state index in [4.69, 9.17) is 0 Å². The molecule has 3 atom stereocenters. The molecule has 1 aliphatic heterocycles. The van der Waals surface area contributed by atoms with Crippen LogP contribution in [0.3, 0.4) is 0 Å². The van der Waals surface area contributed by atoms with Crippen molar-refractivity contribution in [2.75, 3.05) is 6.54 Å². The van der Waals surface area contributed by atoms with Crippen LogP contribution in [0.1, 0.15) is 34.9 Å². The summed E-state index contributed by atoms with van der Waals surface area (Å²) < 4.78 is 0. The van der Waals surface area contributed by atoms with Crippen molar-refractivity contribution in [3.63, 3.8) is 0 Å². The second-order valence-electron chi connectivity index (χ2n) is 6.20. The number of nitrogens with one attached hydrogen (secondary N) is 1. The van der Waals surface area contributed by atoms with E-state index in [-0.39, 0.29) is 5.91 Å². The molecule has 0 saturated carbocycles. The van der Waals surface area contributed by atoms with Gasteiger partial charge >= 0.3 is 0 Å². The summed E-state index contributed by atoms with van der Waals surface area (Å²) in [6, 6.07) is 19.4. The van der Waals surface area contributed by atoms with Gasteiger partial charge in [0.2, 0.25) is 5.91 Å². The Kier molecular flexibility index (Phi) is 3.03. The predicted molar refractivity (Wildman–Crippen MR) is 83.2 cm³/mol. The van der Waals surface area contributed by atoms with E-state index < -0.39 is 0 Å². The number of carbonyl (C=O) groups excluding carboxylic acids is 1. The average Bonchev–Trinajstić information content (AvgIpc) is 2.54. The molecule has 2 aromatic rings. The maximum Gasteiger partial charge on any atom is 0.220 e. The molecule has 1 fully saturated rings. The van der Waals surface area contributed by atoms with Crippen LogP contribution in [0.5, 0.6) is 0 Å². The van der Waals surface area contributed by atoms with Gasteiger partial charge in [-0.3, -0.25) is 4.79 Å².